The zero-order valence-electron chi connectivity index (χ0n) is 10.9. The van der Waals surface area contributed by atoms with Gasteiger partial charge in [-0.15, -0.1) is 0 Å². The van der Waals surface area contributed by atoms with Gasteiger partial charge in [-0.05, 0) is 31.5 Å². The number of imide groups is 1. The summed E-state index contributed by atoms with van der Waals surface area (Å²) in [5, 5.41) is 2.75. The number of nitrogens with zero attached hydrogens (tertiary/aromatic N) is 1. The van der Waals surface area contributed by atoms with E-state index in [4.69, 9.17) is 0 Å². The summed E-state index contributed by atoms with van der Waals surface area (Å²) < 4.78 is 0.867. The lowest BCUT2D eigenvalue weighted by Gasteiger charge is -2.22. The van der Waals surface area contributed by atoms with Crippen LogP contribution in [0.25, 0.3) is 0 Å². The van der Waals surface area contributed by atoms with E-state index in [0.29, 0.717) is 0 Å². The van der Waals surface area contributed by atoms with Gasteiger partial charge in [0, 0.05) is 4.47 Å². The van der Waals surface area contributed by atoms with Crippen LogP contribution in [0.5, 0.6) is 0 Å². The summed E-state index contributed by atoms with van der Waals surface area (Å²) in [5.74, 6) is -0.251. The normalized spacial score (nSPS) is 22.6. The van der Waals surface area contributed by atoms with Crippen molar-refractivity contribution in [2.24, 2.45) is 0 Å². The lowest BCUT2D eigenvalue weighted by molar-refractivity contribution is -0.130. The zero-order chi connectivity index (χ0) is 14.2. The van der Waals surface area contributed by atoms with Crippen molar-refractivity contribution in [3.63, 3.8) is 0 Å². The van der Waals surface area contributed by atoms with E-state index in [1.54, 1.807) is 13.8 Å². The Morgan fingerprint density at radius 2 is 2.16 bits per heavy atom. The number of carbonyl (C=O) groups excluding carboxylic acids is 2. The largest absolute Gasteiger partial charge is 0.325 e. The van der Waals surface area contributed by atoms with Crippen LogP contribution in [0.3, 0.4) is 0 Å². The monoisotopic (exact) mass is 322 g/mol. The fraction of sp³-hybridized carbons (Fsp3) is 0.286. The van der Waals surface area contributed by atoms with Crippen molar-refractivity contribution in [3.05, 3.63) is 46.5 Å². The van der Waals surface area contributed by atoms with Crippen LogP contribution in [0.2, 0.25) is 0 Å². The smallest absolute Gasteiger partial charge is 0.319 e. The number of benzene rings is 1. The summed E-state index contributed by atoms with van der Waals surface area (Å²) in [6.07, 6.45) is 0. The maximum Gasteiger partial charge on any atom is 0.325 e. The Labute approximate surface area is 120 Å². The molecule has 100 valence electrons. The van der Waals surface area contributed by atoms with E-state index in [1.807, 2.05) is 24.3 Å². The molecule has 0 radical (unpaired) electrons. The highest BCUT2D eigenvalue weighted by Crippen LogP contribution is 2.30. The van der Waals surface area contributed by atoms with Gasteiger partial charge in [0.25, 0.3) is 5.91 Å². The number of hydrogen-bond donors (Lipinski definition) is 1. The quantitative estimate of drug-likeness (QED) is 0.687. The van der Waals surface area contributed by atoms with Gasteiger partial charge in [-0.1, -0.05) is 40.2 Å². The zero-order valence-corrected chi connectivity index (χ0v) is 12.5. The van der Waals surface area contributed by atoms with Crippen LogP contribution in [-0.4, -0.2) is 23.4 Å². The summed E-state index contributed by atoms with van der Waals surface area (Å²) in [5.41, 5.74) is 0.502. The second-order valence-corrected chi connectivity index (χ2v) is 5.83. The Morgan fingerprint density at radius 1 is 1.47 bits per heavy atom. The predicted octanol–water partition coefficient (Wildman–Crippen LogP) is 2.79. The van der Waals surface area contributed by atoms with Gasteiger partial charge in [0.2, 0.25) is 0 Å². The number of nitrogens with one attached hydrogen (secondary N) is 1. The number of urea groups is 1. The molecule has 5 heteroatoms. The first-order chi connectivity index (χ1) is 8.84. The molecule has 1 fully saturated rings. The number of rotatable bonds is 3. The maximum absolute atomic E-state index is 12.5. The highest BCUT2D eigenvalue weighted by molar-refractivity contribution is 9.10. The Hall–Kier alpha value is -1.62. The van der Waals surface area contributed by atoms with Crippen molar-refractivity contribution < 1.29 is 9.59 Å². The first kappa shape index (κ1) is 13.8. The molecule has 19 heavy (non-hydrogen) atoms. The van der Waals surface area contributed by atoms with E-state index in [1.165, 1.54) is 4.90 Å². The summed E-state index contributed by atoms with van der Waals surface area (Å²) in [7, 11) is 0. The molecule has 3 amide bonds. The Balaban J connectivity index is 2.38. The molecule has 1 aromatic rings. The first-order valence-electron chi connectivity index (χ1n) is 5.89. The molecule has 0 spiro atoms. The Bertz CT molecular complexity index is 570. The molecule has 1 saturated heterocycles. The standard InChI is InChI=1S/C14H15BrN2O2/c1-9(2)8-17-12(18)14(3,16-13(17)19)10-5-4-6-11(15)7-10/h4-7H,1,8H2,2-3H3,(H,16,19). The fourth-order valence-electron chi connectivity index (χ4n) is 2.11. The third kappa shape index (κ3) is 2.42. The van der Waals surface area contributed by atoms with Gasteiger partial charge in [0.1, 0.15) is 5.54 Å². The molecule has 1 heterocycles. The number of amides is 3. The van der Waals surface area contributed by atoms with Crippen LogP contribution in [0, 0.1) is 0 Å². The minimum Gasteiger partial charge on any atom is -0.319 e. The van der Waals surface area contributed by atoms with E-state index >= 15 is 0 Å². The molecule has 2 rings (SSSR count). The van der Waals surface area contributed by atoms with Crippen molar-refractivity contribution in [2.75, 3.05) is 6.54 Å². The summed E-state index contributed by atoms with van der Waals surface area (Å²) in [6, 6.07) is 7.00. The van der Waals surface area contributed by atoms with Gasteiger partial charge in [-0.2, -0.15) is 0 Å². The summed E-state index contributed by atoms with van der Waals surface area (Å²) in [6.45, 7) is 7.49. The second kappa shape index (κ2) is 4.81. The third-order valence-corrected chi connectivity index (χ3v) is 3.60. The average molecular weight is 323 g/mol. The molecule has 1 unspecified atom stereocenters. The van der Waals surface area contributed by atoms with Crippen molar-refractivity contribution in [2.45, 2.75) is 19.4 Å². The second-order valence-electron chi connectivity index (χ2n) is 4.91. The fourth-order valence-corrected chi connectivity index (χ4v) is 2.50. The van der Waals surface area contributed by atoms with E-state index in [2.05, 4.69) is 27.8 Å². The molecular formula is C14H15BrN2O2. The molecular weight excluding hydrogens is 308 g/mol. The molecule has 0 saturated carbocycles. The summed E-state index contributed by atoms with van der Waals surface area (Å²) >= 11 is 3.37. The van der Waals surface area contributed by atoms with Gasteiger partial charge in [0.15, 0.2) is 0 Å². The van der Waals surface area contributed by atoms with Gasteiger partial charge in [0.05, 0.1) is 6.54 Å². The van der Waals surface area contributed by atoms with Crippen LogP contribution >= 0.6 is 15.9 Å². The van der Waals surface area contributed by atoms with E-state index in [-0.39, 0.29) is 18.5 Å². The van der Waals surface area contributed by atoms with Gasteiger partial charge in [-0.3, -0.25) is 9.69 Å². The lowest BCUT2D eigenvalue weighted by atomic mass is 9.92. The Kier molecular flexibility index (Phi) is 3.49. The molecule has 0 aromatic heterocycles. The third-order valence-electron chi connectivity index (χ3n) is 3.10. The minimum absolute atomic E-state index is 0.244. The molecule has 1 aromatic carbocycles. The van der Waals surface area contributed by atoms with E-state index in [0.717, 1.165) is 15.6 Å². The highest BCUT2D eigenvalue weighted by atomic mass is 79.9. The number of hydrogen-bond acceptors (Lipinski definition) is 2. The van der Waals surface area contributed by atoms with Crippen molar-refractivity contribution in [1.29, 1.82) is 0 Å². The molecule has 1 aliphatic heterocycles. The van der Waals surface area contributed by atoms with Gasteiger partial charge < -0.3 is 5.32 Å². The molecule has 1 atom stereocenters. The number of carbonyl (C=O) groups is 2. The van der Waals surface area contributed by atoms with Crippen LogP contribution in [0.15, 0.2) is 40.9 Å². The Morgan fingerprint density at radius 3 is 2.74 bits per heavy atom. The molecule has 0 aliphatic carbocycles. The molecule has 4 nitrogen and oxygen atoms in total. The van der Waals surface area contributed by atoms with Crippen LogP contribution in [-0.2, 0) is 10.3 Å². The maximum atomic E-state index is 12.5. The topological polar surface area (TPSA) is 49.4 Å². The van der Waals surface area contributed by atoms with Gasteiger partial charge in [-0.25, -0.2) is 4.79 Å². The van der Waals surface area contributed by atoms with Crippen LogP contribution in [0.4, 0.5) is 4.79 Å². The van der Waals surface area contributed by atoms with E-state index in [9.17, 15) is 9.59 Å². The van der Waals surface area contributed by atoms with E-state index < -0.39 is 5.54 Å². The van der Waals surface area contributed by atoms with Crippen LogP contribution in [0.1, 0.15) is 19.4 Å². The lowest BCUT2D eigenvalue weighted by Crippen LogP contribution is -2.41. The molecule has 1 aliphatic rings. The SMILES string of the molecule is C=C(C)CN1C(=O)NC(C)(c2cccc(Br)c2)C1=O. The molecule has 0 bridgehead atoms. The average Bonchev–Trinajstić information content (AvgIpc) is 2.54. The van der Waals surface area contributed by atoms with Crippen LogP contribution < -0.4 is 5.32 Å². The highest BCUT2D eigenvalue weighted by Gasteiger charge is 2.48. The van der Waals surface area contributed by atoms with Gasteiger partial charge >= 0.3 is 6.03 Å². The summed E-state index contributed by atoms with van der Waals surface area (Å²) in [4.78, 5) is 25.6. The van der Waals surface area contributed by atoms with Crippen molar-refractivity contribution in [3.8, 4) is 0 Å². The van der Waals surface area contributed by atoms with Crippen molar-refractivity contribution in [1.82, 2.24) is 10.2 Å². The molecule has 1 N–H and O–H groups in total. The predicted molar refractivity (Wildman–Crippen MR) is 76.6 cm³/mol. The number of halogens is 1. The van der Waals surface area contributed by atoms with Crippen molar-refractivity contribution >= 4 is 27.9 Å². The first-order valence-corrected chi connectivity index (χ1v) is 6.68. The minimum atomic E-state index is -1.02.